The molecule has 4 nitrogen and oxygen atoms in total. The van der Waals surface area contributed by atoms with Crippen molar-refractivity contribution in [3.8, 4) is 0 Å². The van der Waals surface area contributed by atoms with Gasteiger partial charge in [-0.2, -0.15) is 0 Å². The van der Waals surface area contributed by atoms with Crippen molar-refractivity contribution in [2.45, 2.75) is 45.4 Å². The van der Waals surface area contributed by atoms with Crippen LogP contribution >= 0.6 is 0 Å². The van der Waals surface area contributed by atoms with Crippen LogP contribution in [0.1, 0.15) is 44.2 Å². The van der Waals surface area contributed by atoms with E-state index < -0.39 is 10.0 Å². The second kappa shape index (κ2) is 6.46. The molecule has 118 valence electrons. The Morgan fingerprint density at radius 1 is 1.19 bits per heavy atom. The van der Waals surface area contributed by atoms with E-state index in [-0.39, 0.29) is 11.2 Å². The van der Waals surface area contributed by atoms with Gasteiger partial charge in [-0.1, -0.05) is 38.1 Å². The summed E-state index contributed by atoms with van der Waals surface area (Å²) >= 11 is 0. The molecule has 1 aliphatic rings. The van der Waals surface area contributed by atoms with Gasteiger partial charge in [0.05, 0.1) is 5.75 Å². The molecule has 0 spiro atoms. The average Bonchev–Trinajstić information content (AvgIpc) is 2.93. The third kappa shape index (κ3) is 3.47. The van der Waals surface area contributed by atoms with Crippen molar-refractivity contribution in [2.75, 3.05) is 13.1 Å². The maximum Gasteiger partial charge on any atom is 0.218 e. The third-order valence-corrected chi connectivity index (χ3v) is 6.75. The first-order valence-corrected chi connectivity index (χ1v) is 9.32. The van der Waals surface area contributed by atoms with Crippen LogP contribution in [-0.4, -0.2) is 25.8 Å². The summed E-state index contributed by atoms with van der Waals surface area (Å²) in [6.07, 6.45) is 3.04. The van der Waals surface area contributed by atoms with E-state index in [0.717, 1.165) is 30.4 Å². The topological polar surface area (TPSA) is 63.4 Å². The average molecular weight is 310 g/mol. The molecule has 0 bridgehead atoms. The highest BCUT2D eigenvalue weighted by Crippen LogP contribution is 2.38. The smallest absolute Gasteiger partial charge is 0.218 e. The first-order valence-electron chi connectivity index (χ1n) is 7.71. The first-order chi connectivity index (χ1) is 9.96. The number of rotatable bonds is 6. The normalized spacial score (nSPS) is 19.0. The van der Waals surface area contributed by atoms with Crippen molar-refractivity contribution >= 4 is 10.0 Å². The molecule has 2 N–H and O–H groups in total. The third-order valence-electron chi connectivity index (χ3n) is 4.97. The van der Waals surface area contributed by atoms with Crippen LogP contribution in [0.15, 0.2) is 24.3 Å². The molecular formula is C16H26N2O2S. The lowest BCUT2D eigenvalue weighted by atomic mass is 9.82. The molecule has 0 unspecified atom stereocenters. The van der Waals surface area contributed by atoms with Gasteiger partial charge in [-0.05, 0) is 35.8 Å². The summed E-state index contributed by atoms with van der Waals surface area (Å²) < 4.78 is 27.0. The summed E-state index contributed by atoms with van der Waals surface area (Å²) in [5.74, 6) is 0.0594. The molecule has 0 saturated carbocycles. The van der Waals surface area contributed by atoms with E-state index in [1.54, 1.807) is 4.31 Å². The van der Waals surface area contributed by atoms with Crippen molar-refractivity contribution in [2.24, 2.45) is 11.1 Å². The van der Waals surface area contributed by atoms with Crippen LogP contribution in [-0.2, 0) is 22.3 Å². The SMILES string of the molecule is CCC1(CC)CCN(S(=O)(=O)Cc2ccccc2CN)C1. The second-order valence-corrected chi connectivity index (χ2v) is 7.99. The van der Waals surface area contributed by atoms with Crippen LogP contribution in [0.3, 0.4) is 0 Å². The summed E-state index contributed by atoms with van der Waals surface area (Å²) in [4.78, 5) is 0. The number of nitrogens with zero attached hydrogens (tertiary/aromatic N) is 1. The largest absolute Gasteiger partial charge is 0.326 e. The summed E-state index contributed by atoms with van der Waals surface area (Å²) in [5, 5.41) is 0. The lowest BCUT2D eigenvalue weighted by Gasteiger charge is -2.26. The number of hydrogen-bond acceptors (Lipinski definition) is 3. The summed E-state index contributed by atoms with van der Waals surface area (Å²) in [5.41, 5.74) is 7.61. The number of nitrogens with two attached hydrogens (primary N) is 1. The van der Waals surface area contributed by atoms with Gasteiger partial charge in [0.2, 0.25) is 10.0 Å². The molecule has 21 heavy (non-hydrogen) atoms. The van der Waals surface area contributed by atoms with E-state index >= 15 is 0 Å². The Bertz CT molecular complexity index is 580. The molecule has 1 aromatic rings. The number of benzene rings is 1. The van der Waals surface area contributed by atoms with Gasteiger partial charge >= 0.3 is 0 Å². The molecular weight excluding hydrogens is 284 g/mol. The Kier molecular flexibility index (Phi) is 5.07. The van der Waals surface area contributed by atoms with Gasteiger partial charge < -0.3 is 5.73 Å². The van der Waals surface area contributed by atoms with E-state index in [4.69, 9.17) is 5.73 Å². The van der Waals surface area contributed by atoms with Crippen molar-refractivity contribution < 1.29 is 8.42 Å². The molecule has 0 radical (unpaired) electrons. The molecule has 1 aromatic carbocycles. The molecule has 2 rings (SSSR count). The van der Waals surface area contributed by atoms with Crippen LogP contribution < -0.4 is 5.73 Å². The lowest BCUT2D eigenvalue weighted by Crippen LogP contribution is -2.33. The maximum absolute atomic E-state index is 12.7. The predicted octanol–water partition coefficient (Wildman–Crippen LogP) is 2.49. The zero-order chi connectivity index (χ0) is 15.5. The van der Waals surface area contributed by atoms with Crippen LogP contribution in [0.25, 0.3) is 0 Å². The number of sulfonamides is 1. The first kappa shape index (κ1) is 16.5. The number of hydrogen-bond donors (Lipinski definition) is 1. The van der Waals surface area contributed by atoms with Crippen LogP contribution in [0.2, 0.25) is 0 Å². The quantitative estimate of drug-likeness (QED) is 0.878. The van der Waals surface area contributed by atoms with Crippen molar-refractivity contribution in [1.29, 1.82) is 0 Å². The molecule has 1 heterocycles. The maximum atomic E-state index is 12.7. The van der Waals surface area contributed by atoms with Gasteiger partial charge in [0.1, 0.15) is 0 Å². The highest BCUT2D eigenvalue weighted by Gasteiger charge is 2.40. The monoisotopic (exact) mass is 310 g/mol. The predicted molar refractivity (Wildman–Crippen MR) is 86.2 cm³/mol. The van der Waals surface area contributed by atoms with E-state index in [1.165, 1.54) is 0 Å². The molecule has 1 saturated heterocycles. The van der Waals surface area contributed by atoms with Crippen LogP contribution in [0, 0.1) is 5.41 Å². The Morgan fingerprint density at radius 2 is 1.81 bits per heavy atom. The molecule has 0 aromatic heterocycles. The highest BCUT2D eigenvalue weighted by molar-refractivity contribution is 7.88. The molecule has 1 aliphatic heterocycles. The molecule has 0 atom stereocenters. The fourth-order valence-electron chi connectivity index (χ4n) is 3.14. The minimum atomic E-state index is -3.26. The molecule has 0 aliphatic carbocycles. The summed E-state index contributed by atoms with van der Waals surface area (Å²) in [6.45, 7) is 5.99. The lowest BCUT2D eigenvalue weighted by molar-refractivity contribution is 0.279. The standard InChI is InChI=1S/C16H26N2O2S/c1-3-16(4-2)9-10-18(13-16)21(19,20)12-15-8-6-5-7-14(15)11-17/h5-8H,3-4,9-13,17H2,1-2H3. The van der Waals surface area contributed by atoms with Crippen LogP contribution in [0.5, 0.6) is 0 Å². The Morgan fingerprint density at radius 3 is 2.33 bits per heavy atom. The highest BCUT2D eigenvalue weighted by atomic mass is 32.2. The van der Waals surface area contributed by atoms with Crippen molar-refractivity contribution in [3.05, 3.63) is 35.4 Å². The minimum absolute atomic E-state index is 0.0594. The van der Waals surface area contributed by atoms with Gasteiger partial charge in [-0.25, -0.2) is 12.7 Å². The van der Waals surface area contributed by atoms with Gasteiger partial charge in [0.25, 0.3) is 0 Å². The van der Waals surface area contributed by atoms with E-state index in [2.05, 4.69) is 13.8 Å². The summed E-state index contributed by atoms with van der Waals surface area (Å²) in [7, 11) is -3.26. The summed E-state index contributed by atoms with van der Waals surface area (Å²) in [6, 6.07) is 7.53. The van der Waals surface area contributed by atoms with E-state index in [0.29, 0.717) is 19.6 Å². The molecule has 5 heteroatoms. The van der Waals surface area contributed by atoms with Gasteiger partial charge in [0, 0.05) is 19.6 Å². The fraction of sp³-hybridized carbons (Fsp3) is 0.625. The van der Waals surface area contributed by atoms with Crippen LogP contribution in [0.4, 0.5) is 0 Å². The van der Waals surface area contributed by atoms with Gasteiger partial charge in [0.15, 0.2) is 0 Å². The van der Waals surface area contributed by atoms with Crippen molar-refractivity contribution in [3.63, 3.8) is 0 Å². The van der Waals surface area contributed by atoms with Crippen molar-refractivity contribution in [1.82, 2.24) is 4.31 Å². The fourth-order valence-corrected chi connectivity index (χ4v) is 4.84. The Hall–Kier alpha value is -0.910. The Balaban J connectivity index is 2.17. The van der Waals surface area contributed by atoms with E-state index in [9.17, 15) is 8.42 Å². The molecule has 1 fully saturated rings. The zero-order valence-electron chi connectivity index (χ0n) is 13.0. The second-order valence-electron chi connectivity index (χ2n) is 6.02. The van der Waals surface area contributed by atoms with E-state index in [1.807, 2.05) is 24.3 Å². The zero-order valence-corrected chi connectivity index (χ0v) is 13.8. The Labute approximate surface area is 128 Å². The van der Waals surface area contributed by atoms with Gasteiger partial charge in [-0.15, -0.1) is 0 Å². The van der Waals surface area contributed by atoms with Gasteiger partial charge in [-0.3, -0.25) is 0 Å². The molecule has 0 amide bonds. The minimum Gasteiger partial charge on any atom is -0.326 e.